The summed E-state index contributed by atoms with van der Waals surface area (Å²) in [5, 5.41) is 0. The normalized spacial score (nSPS) is 12.7. The van der Waals surface area contributed by atoms with Crippen LogP contribution in [0.5, 0.6) is 0 Å². The number of nitrogens with zero attached hydrogens (tertiary/aromatic N) is 2. The minimum absolute atomic E-state index is 0.0576. The third-order valence-electron chi connectivity index (χ3n) is 4.61. The summed E-state index contributed by atoms with van der Waals surface area (Å²) < 4.78 is 14.3. The molecule has 0 unspecified atom stereocenters. The molecule has 0 bridgehead atoms. The monoisotopic (exact) mass is 356 g/mol. The van der Waals surface area contributed by atoms with Crippen molar-refractivity contribution in [2.24, 2.45) is 0 Å². The molecule has 132 valence electrons. The van der Waals surface area contributed by atoms with E-state index in [9.17, 15) is 9.18 Å². The molecule has 2 aromatic carbocycles. The molecular formula is C23H17FN2O. The van der Waals surface area contributed by atoms with Crippen LogP contribution in [-0.4, -0.2) is 22.3 Å². The van der Waals surface area contributed by atoms with Crippen LogP contribution in [0.1, 0.15) is 32.7 Å². The highest BCUT2D eigenvalue weighted by atomic mass is 19.1. The first-order valence-electron chi connectivity index (χ1n) is 8.79. The maximum atomic E-state index is 14.3. The molecule has 0 fully saturated rings. The third-order valence-corrected chi connectivity index (χ3v) is 4.61. The van der Waals surface area contributed by atoms with Crippen LogP contribution in [0.3, 0.4) is 0 Å². The van der Waals surface area contributed by atoms with Crippen molar-refractivity contribution in [3.05, 3.63) is 101 Å². The Labute approximate surface area is 157 Å². The Morgan fingerprint density at radius 1 is 1.00 bits per heavy atom. The fourth-order valence-electron chi connectivity index (χ4n) is 3.18. The molecule has 0 spiro atoms. The summed E-state index contributed by atoms with van der Waals surface area (Å²) in [7, 11) is 0. The van der Waals surface area contributed by atoms with E-state index in [0.717, 1.165) is 12.0 Å². The van der Waals surface area contributed by atoms with Crippen molar-refractivity contribution in [1.29, 1.82) is 0 Å². The second-order valence-electron chi connectivity index (χ2n) is 6.41. The Morgan fingerprint density at radius 2 is 1.81 bits per heavy atom. The number of benzene rings is 2. The number of carbonyl (C=O) groups is 1. The molecule has 0 N–H and O–H groups in total. The van der Waals surface area contributed by atoms with E-state index in [-0.39, 0.29) is 11.5 Å². The second-order valence-corrected chi connectivity index (χ2v) is 6.41. The van der Waals surface area contributed by atoms with Gasteiger partial charge in [0.15, 0.2) is 0 Å². The minimum Gasteiger partial charge on any atom is -0.334 e. The van der Waals surface area contributed by atoms with Gasteiger partial charge < -0.3 is 4.90 Å². The third kappa shape index (κ3) is 3.73. The lowest BCUT2D eigenvalue weighted by atomic mass is 9.99. The molecule has 27 heavy (non-hydrogen) atoms. The topological polar surface area (TPSA) is 33.2 Å². The smallest absolute Gasteiger partial charge is 0.257 e. The lowest BCUT2D eigenvalue weighted by Crippen LogP contribution is -2.36. The molecule has 0 saturated heterocycles. The molecule has 3 nitrogen and oxygen atoms in total. The predicted molar refractivity (Wildman–Crippen MR) is 102 cm³/mol. The molecule has 0 radical (unpaired) electrons. The van der Waals surface area contributed by atoms with Crippen molar-refractivity contribution in [3.8, 4) is 11.8 Å². The molecule has 3 aromatic rings. The Hall–Kier alpha value is -3.45. The van der Waals surface area contributed by atoms with Gasteiger partial charge in [0.2, 0.25) is 0 Å². The van der Waals surface area contributed by atoms with Crippen molar-refractivity contribution in [1.82, 2.24) is 9.88 Å². The molecular weight excluding hydrogens is 339 g/mol. The van der Waals surface area contributed by atoms with Crippen LogP contribution in [0, 0.1) is 17.7 Å². The Morgan fingerprint density at radius 3 is 2.63 bits per heavy atom. The molecule has 1 amide bonds. The molecule has 4 rings (SSSR count). The Balaban J connectivity index is 1.59. The van der Waals surface area contributed by atoms with Crippen LogP contribution in [0.25, 0.3) is 0 Å². The van der Waals surface area contributed by atoms with Gasteiger partial charge in [-0.05, 0) is 53.8 Å². The van der Waals surface area contributed by atoms with Crippen molar-refractivity contribution < 1.29 is 9.18 Å². The van der Waals surface area contributed by atoms with Gasteiger partial charge in [0.1, 0.15) is 11.5 Å². The van der Waals surface area contributed by atoms with E-state index in [2.05, 4.69) is 22.9 Å². The number of halogens is 1. The number of amides is 1. The van der Waals surface area contributed by atoms with Gasteiger partial charge in [-0.2, -0.15) is 0 Å². The summed E-state index contributed by atoms with van der Waals surface area (Å²) in [6.07, 6.45) is 2.44. The summed E-state index contributed by atoms with van der Waals surface area (Å²) in [4.78, 5) is 18.7. The zero-order valence-corrected chi connectivity index (χ0v) is 14.7. The lowest BCUT2D eigenvalue weighted by molar-refractivity contribution is 0.0730. The standard InChI is InChI=1S/C23H17FN2O/c24-22-11-9-17(8-10-20-7-3-4-13-25-20)15-21(22)23(27)26-14-12-18-5-1-2-6-19(18)16-26/h1-7,9,11,13,15H,12,14,16H2. The van der Waals surface area contributed by atoms with Gasteiger partial charge in [-0.25, -0.2) is 9.37 Å². The average molecular weight is 356 g/mol. The second kappa shape index (κ2) is 7.43. The van der Waals surface area contributed by atoms with E-state index in [0.29, 0.717) is 24.3 Å². The average Bonchev–Trinajstić information content (AvgIpc) is 2.73. The van der Waals surface area contributed by atoms with Gasteiger partial charge in [0.25, 0.3) is 5.91 Å². The quantitative estimate of drug-likeness (QED) is 0.621. The number of aromatic nitrogens is 1. The van der Waals surface area contributed by atoms with Crippen LogP contribution >= 0.6 is 0 Å². The van der Waals surface area contributed by atoms with Gasteiger partial charge >= 0.3 is 0 Å². The van der Waals surface area contributed by atoms with E-state index < -0.39 is 5.82 Å². The zero-order valence-electron chi connectivity index (χ0n) is 14.7. The van der Waals surface area contributed by atoms with Gasteiger partial charge in [-0.15, -0.1) is 0 Å². The predicted octanol–water partition coefficient (Wildman–Crippen LogP) is 3.82. The maximum absolute atomic E-state index is 14.3. The zero-order chi connectivity index (χ0) is 18.6. The highest BCUT2D eigenvalue weighted by Crippen LogP contribution is 2.21. The first-order valence-corrected chi connectivity index (χ1v) is 8.79. The number of carbonyl (C=O) groups excluding carboxylic acids is 1. The fourth-order valence-corrected chi connectivity index (χ4v) is 3.18. The first-order chi connectivity index (χ1) is 13.2. The molecule has 0 atom stereocenters. The molecule has 2 heterocycles. The summed E-state index contributed by atoms with van der Waals surface area (Å²) in [6.45, 7) is 1.08. The molecule has 1 aliphatic rings. The van der Waals surface area contributed by atoms with Crippen LogP contribution in [0.2, 0.25) is 0 Å². The largest absolute Gasteiger partial charge is 0.334 e. The Kier molecular flexibility index (Phi) is 4.67. The lowest BCUT2D eigenvalue weighted by Gasteiger charge is -2.29. The van der Waals surface area contributed by atoms with Gasteiger partial charge in [0, 0.05) is 24.8 Å². The molecule has 1 aromatic heterocycles. The van der Waals surface area contributed by atoms with E-state index in [1.807, 2.05) is 30.3 Å². The maximum Gasteiger partial charge on any atom is 0.257 e. The van der Waals surface area contributed by atoms with Crippen molar-refractivity contribution >= 4 is 5.91 Å². The molecule has 4 heteroatoms. The number of pyridine rings is 1. The Bertz CT molecular complexity index is 1050. The highest BCUT2D eigenvalue weighted by molar-refractivity contribution is 5.95. The fraction of sp³-hybridized carbons (Fsp3) is 0.130. The molecule has 1 aliphatic heterocycles. The van der Waals surface area contributed by atoms with Gasteiger partial charge in [-0.1, -0.05) is 36.3 Å². The van der Waals surface area contributed by atoms with E-state index in [1.165, 1.54) is 17.7 Å². The van der Waals surface area contributed by atoms with Crippen LogP contribution in [0.15, 0.2) is 66.9 Å². The SMILES string of the molecule is O=C(c1cc(C#Cc2ccccn2)ccc1F)N1CCc2ccccc2C1. The van der Waals surface area contributed by atoms with Crippen LogP contribution in [-0.2, 0) is 13.0 Å². The van der Waals surface area contributed by atoms with Crippen molar-refractivity contribution in [2.45, 2.75) is 13.0 Å². The number of rotatable bonds is 1. The summed E-state index contributed by atoms with van der Waals surface area (Å²) in [6, 6.07) is 17.9. The van der Waals surface area contributed by atoms with Crippen molar-refractivity contribution in [2.75, 3.05) is 6.54 Å². The van der Waals surface area contributed by atoms with E-state index >= 15 is 0 Å². The number of fused-ring (bicyclic) bond motifs is 1. The van der Waals surface area contributed by atoms with Gasteiger partial charge in [0.05, 0.1) is 5.56 Å². The summed E-state index contributed by atoms with van der Waals surface area (Å²) >= 11 is 0. The minimum atomic E-state index is -0.526. The highest BCUT2D eigenvalue weighted by Gasteiger charge is 2.23. The van der Waals surface area contributed by atoms with E-state index in [1.54, 1.807) is 23.2 Å². The van der Waals surface area contributed by atoms with E-state index in [4.69, 9.17) is 0 Å². The van der Waals surface area contributed by atoms with Crippen LogP contribution in [0.4, 0.5) is 4.39 Å². The number of hydrogen-bond donors (Lipinski definition) is 0. The first kappa shape index (κ1) is 17.0. The summed E-state index contributed by atoms with van der Waals surface area (Å²) in [5.41, 5.74) is 3.63. The van der Waals surface area contributed by atoms with Crippen LogP contribution < -0.4 is 0 Å². The molecule has 0 saturated carbocycles. The molecule has 0 aliphatic carbocycles. The van der Waals surface area contributed by atoms with Crippen molar-refractivity contribution in [3.63, 3.8) is 0 Å². The number of hydrogen-bond acceptors (Lipinski definition) is 2. The van der Waals surface area contributed by atoms with Gasteiger partial charge in [-0.3, -0.25) is 4.79 Å². The summed E-state index contributed by atoms with van der Waals surface area (Å²) in [5.74, 6) is 5.05.